The van der Waals surface area contributed by atoms with Gasteiger partial charge in [0.05, 0.1) is 7.11 Å². The van der Waals surface area contributed by atoms with Crippen LogP contribution in [-0.4, -0.2) is 26.1 Å². The summed E-state index contributed by atoms with van der Waals surface area (Å²) in [4.78, 5) is 14.6. The Morgan fingerprint density at radius 1 is 1.19 bits per heavy atom. The number of anilines is 2. The second-order valence-electron chi connectivity index (χ2n) is 6.93. The molecule has 0 radical (unpaired) electrons. The van der Waals surface area contributed by atoms with Crippen molar-refractivity contribution in [3.8, 4) is 5.75 Å². The summed E-state index contributed by atoms with van der Waals surface area (Å²) in [5.41, 5.74) is 2.85. The minimum Gasteiger partial charge on any atom is -0.496 e. The van der Waals surface area contributed by atoms with E-state index in [2.05, 4.69) is 45.2 Å². The van der Waals surface area contributed by atoms with Gasteiger partial charge >= 0.3 is 0 Å². The van der Waals surface area contributed by atoms with Crippen molar-refractivity contribution in [1.29, 1.82) is 0 Å². The van der Waals surface area contributed by atoms with E-state index in [0.717, 1.165) is 40.5 Å². The summed E-state index contributed by atoms with van der Waals surface area (Å²) < 4.78 is 6.26. The highest BCUT2D eigenvalue weighted by Gasteiger charge is 2.15. The standard InChI is InChI=1S/C22H25BrN2O2/c1-16-11-13-25(14-12-16)20-7-5-19(6-8-20)24-22(26)10-3-17-15-18(23)4-9-21(17)27-2/h3-10,15-16H,11-14H2,1-2H3,(H,24,26). The van der Waals surface area contributed by atoms with Gasteiger partial charge in [-0.3, -0.25) is 4.79 Å². The van der Waals surface area contributed by atoms with Gasteiger partial charge in [0.2, 0.25) is 5.91 Å². The summed E-state index contributed by atoms with van der Waals surface area (Å²) in [5, 5.41) is 2.90. The third-order valence-corrected chi connectivity index (χ3v) is 5.38. The zero-order chi connectivity index (χ0) is 19.2. The van der Waals surface area contributed by atoms with Gasteiger partial charge < -0.3 is 15.0 Å². The van der Waals surface area contributed by atoms with E-state index in [4.69, 9.17) is 4.74 Å². The maximum Gasteiger partial charge on any atom is 0.248 e. The van der Waals surface area contributed by atoms with Gasteiger partial charge in [0, 0.05) is 40.6 Å². The molecule has 1 aliphatic heterocycles. The molecule has 27 heavy (non-hydrogen) atoms. The topological polar surface area (TPSA) is 41.6 Å². The Morgan fingerprint density at radius 3 is 2.56 bits per heavy atom. The Kier molecular flexibility index (Phi) is 6.56. The number of carbonyl (C=O) groups is 1. The van der Waals surface area contributed by atoms with Crippen LogP contribution in [0.25, 0.3) is 6.08 Å². The molecule has 2 aromatic carbocycles. The number of amides is 1. The van der Waals surface area contributed by atoms with E-state index in [1.807, 2.05) is 30.3 Å². The molecule has 2 aromatic rings. The first-order valence-electron chi connectivity index (χ1n) is 9.23. The first-order chi connectivity index (χ1) is 13.0. The SMILES string of the molecule is COc1ccc(Br)cc1C=CC(=O)Nc1ccc(N2CCC(C)CC2)cc1. The van der Waals surface area contributed by atoms with Crippen LogP contribution in [0.4, 0.5) is 11.4 Å². The molecule has 1 N–H and O–H groups in total. The Bertz CT molecular complexity index is 810. The predicted octanol–water partition coefficient (Wildman–Crippen LogP) is 5.35. The van der Waals surface area contributed by atoms with Crippen LogP contribution in [0.1, 0.15) is 25.3 Å². The molecule has 1 heterocycles. The fourth-order valence-corrected chi connectivity index (χ4v) is 3.59. The number of methoxy groups -OCH3 is 1. The third kappa shape index (κ3) is 5.36. The second kappa shape index (κ2) is 9.09. The van der Waals surface area contributed by atoms with Crippen molar-refractivity contribution in [2.45, 2.75) is 19.8 Å². The number of halogens is 1. The molecule has 1 aliphatic rings. The van der Waals surface area contributed by atoms with Gasteiger partial charge in [0.15, 0.2) is 0 Å². The van der Waals surface area contributed by atoms with Crippen LogP contribution in [0.15, 0.2) is 53.0 Å². The molecule has 0 spiro atoms. The van der Waals surface area contributed by atoms with Crippen molar-refractivity contribution in [2.24, 2.45) is 5.92 Å². The van der Waals surface area contributed by atoms with Crippen molar-refractivity contribution in [2.75, 3.05) is 30.4 Å². The number of hydrogen-bond donors (Lipinski definition) is 1. The summed E-state index contributed by atoms with van der Waals surface area (Å²) in [6, 6.07) is 13.7. The van der Waals surface area contributed by atoms with Gasteiger partial charge in [-0.15, -0.1) is 0 Å². The minimum absolute atomic E-state index is 0.170. The number of ether oxygens (including phenoxy) is 1. The van der Waals surface area contributed by atoms with Crippen LogP contribution >= 0.6 is 15.9 Å². The highest BCUT2D eigenvalue weighted by atomic mass is 79.9. The van der Waals surface area contributed by atoms with Crippen LogP contribution in [0.5, 0.6) is 5.75 Å². The van der Waals surface area contributed by atoms with Crippen molar-refractivity contribution in [3.05, 3.63) is 58.6 Å². The van der Waals surface area contributed by atoms with Crippen LogP contribution in [0.3, 0.4) is 0 Å². The number of benzene rings is 2. The van der Waals surface area contributed by atoms with Gasteiger partial charge in [0.25, 0.3) is 0 Å². The Labute approximate surface area is 169 Å². The number of hydrogen-bond acceptors (Lipinski definition) is 3. The van der Waals surface area contributed by atoms with Gasteiger partial charge in [-0.25, -0.2) is 0 Å². The average Bonchev–Trinajstić information content (AvgIpc) is 2.68. The highest BCUT2D eigenvalue weighted by molar-refractivity contribution is 9.10. The molecule has 1 amide bonds. The Balaban J connectivity index is 1.60. The third-order valence-electron chi connectivity index (χ3n) is 4.89. The number of piperidine rings is 1. The second-order valence-corrected chi connectivity index (χ2v) is 7.84. The lowest BCUT2D eigenvalue weighted by Gasteiger charge is -2.32. The Morgan fingerprint density at radius 2 is 1.89 bits per heavy atom. The molecular formula is C22H25BrN2O2. The fourth-order valence-electron chi connectivity index (χ4n) is 3.21. The monoisotopic (exact) mass is 428 g/mol. The largest absolute Gasteiger partial charge is 0.496 e. The van der Waals surface area contributed by atoms with Crippen LogP contribution in [0.2, 0.25) is 0 Å². The van der Waals surface area contributed by atoms with Crippen LogP contribution in [-0.2, 0) is 4.79 Å². The summed E-state index contributed by atoms with van der Waals surface area (Å²) in [6.45, 7) is 4.52. The number of carbonyl (C=O) groups excluding carboxylic acids is 1. The maximum absolute atomic E-state index is 12.2. The van der Waals surface area contributed by atoms with E-state index in [1.54, 1.807) is 13.2 Å². The first-order valence-corrected chi connectivity index (χ1v) is 10.0. The Hall–Kier alpha value is -2.27. The molecule has 142 valence electrons. The van der Waals surface area contributed by atoms with E-state index >= 15 is 0 Å². The molecular weight excluding hydrogens is 404 g/mol. The zero-order valence-electron chi connectivity index (χ0n) is 15.7. The lowest BCUT2D eigenvalue weighted by atomic mass is 9.99. The molecule has 0 aromatic heterocycles. The molecule has 5 heteroatoms. The smallest absolute Gasteiger partial charge is 0.248 e. The zero-order valence-corrected chi connectivity index (χ0v) is 17.3. The van der Waals surface area contributed by atoms with Crippen molar-refractivity contribution in [3.63, 3.8) is 0 Å². The van der Waals surface area contributed by atoms with E-state index in [1.165, 1.54) is 24.6 Å². The lowest BCUT2D eigenvalue weighted by Crippen LogP contribution is -2.32. The van der Waals surface area contributed by atoms with Crippen molar-refractivity contribution < 1.29 is 9.53 Å². The fraction of sp³-hybridized carbons (Fsp3) is 0.318. The lowest BCUT2D eigenvalue weighted by molar-refractivity contribution is -0.111. The van der Waals surface area contributed by atoms with Crippen molar-refractivity contribution in [1.82, 2.24) is 0 Å². The highest BCUT2D eigenvalue weighted by Crippen LogP contribution is 2.25. The van der Waals surface area contributed by atoms with Gasteiger partial charge in [-0.05, 0) is 67.3 Å². The summed E-state index contributed by atoms with van der Waals surface area (Å²) >= 11 is 3.44. The molecule has 4 nitrogen and oxygen atoms in total. The molecule has 0 saturated carbocycles. The maximum atomic E-state index is 12.2. The summed E-state index contributed by atoms with van der Waals surface area (Å²) in [7, 11) is 1.62. The molecule has 1 saturated heterocycles. The molecule has 3 rings (SSSR count). The van der Waals surface area contributed by atoms with Crippen LogP contribution in [0, 0.1) is 5.92 Å². The first kappa shape index (κ1) is 19.5. The van der Waals surface area contributed by atoms with Crippen molar-refractivity contribution >= 4 is 39.3 Å². The summed E-state index contributed by atoms with van der Waals surface area (Å²) in [6.07, 6.45) is 5.75. The summed E-state index contributed by atoms with van der Waals surface area (Å²) in [5.74, 6) is 1.37. The quantitative estimate of drug-likeness (QED) is 0.652. The predicted molar refractivity (Wildman–Crippen MR) is 115 cm³/mol. The van der Waals surface area contributed by atoms with Crippen LogP contribution < -0.4 is 15.0 Å². The molecule has 0 bridgehead atoms. The molecule has 0 unspecified atom stereocenters. The van der Waals surface area contributed by atoms with E-state index in [9.17, 15) is 4.79 Å². The minimum atomic E-state index is -0.170. The number of nitrogens with zero attached hydrogens (tertiary/aromatic N) is 1. The number of rotatable bonds is 5. The number of nitrogens with one attached hydrogen (secondary N) is 1. The molecule has 1 fully saturated rings. The van der Waals surface area contributed by atoms with E-state index in [0.29, 0.717) is 0 Å². The molecule has 0 atom stereocenters. The normalized spacial score (nSPS) is 15.1. The van der Waals surface area contributed by atoms with Gasteiger partial charge in [0.1, 0.15) is 5.75 Å². The molecule has 0 aliphatic carbocycles. The average molecular weight is 429 g/mol. The van der Waals surface area contributed by atoms with Gasteiger partial charge in [-0.1, -0.05) is 22.9 Å². The van der Waals surface area contributed by atoms with E-state index in [-0.39, 0.29) is 5.91 Å². The van der Waals surface area contributed by atoms with Gasteiger partial charge in [-0.2, -0.15) is 0 Å². The van der Waals surface area contributed by atoms with E-state index < -0.39 is 0 Å².